The van der Waals surface area contributed by atoms with Crippen molar-refractivity contribution in [2.24, 2.45) is 0 Å². The van der Waals surface area contributed by atoms with Crippen LogP contribution in [0.25, 0.3) is 0 Å². The Hall–Kier alpha value is -1.87. The van der Waals surface area contributed by atoms with E-state index in [-0.39, 0.29) is 44.8 Å². The molecule has 0 spiro atoms. The molecule has 0 aliphatic carbocycles. The number of ether oxygens (including phenoxy) is 4. The summed E-state index contributed by atoms with van der Waals surface area (Å²) in [7, 11) is 3.61. The summed E-state index contributed by atoms with van der Waals surface area (Å²) in [6.45, 7) is 17.5. The van der Waals surface area contributed by atoms with Gasteiger partial charge in [0.25, 0.3) is 0 Å². The average molecular weight is 605 g/mol. The van der Waals surface area contributed by atoms with Gasteiger partial charge < -0.3 is 29.2 Å². The summed E-state index contributed by atoms with van der Waals surface area (Å²) in [4.78, 5) is 43.7. The molecule has 0 radical (unpaired) electrons. The van der Waals surface area contributed by atoms with Crippen molar-refractivity contribution in [2.45, 2.75) is 84.5 Å². The van der Waals surface area contributed by atoms with Crippen LogP contribution in [0.2, 0.25) is 0 Å². The molecule has 1 heterocycles. The van der Waals surface area contributed by atoms with Crippen LogP contribution in [0.5, 0.6) is 0 Å². The predicted octanol–water partition coefficient (Wildman–Crippen LogP) is 0.734. The predicted molar refractivity (Wildman–Crippen MR) is 158 cm³/mol. The molecule has 2 N–H and O–H groups in total. The minimum Gasteiger partial charge on any atom is -0.480 e. The Morgan fingerprint density at radius 2 is 1.19 bits per heavy atom. The van der Waals surface area contributed by atoms with Crippen molar-refractivity contribution in [1.82, 2.24) is 19.6 Å². The van der Waals surface area contributed by atoms with Gasteiger partial charge in [0.05, 0.1) is 45.0 Å². The van der Waals surface area contributed by atoms with Gasteiger partial charge in [-0.25, -0.2) is 0 Å². The Balaban J connectivity index is 2.91. The van der Waals surface area contributed by atoms with Gasteiger partial charge in [0.1, 0.15) is 11.2 Å². The topological polar surface area (TPSA) is 142 Å². The molecule has 2 atom stereocenters. The Labute approximate surface area is 252 Å². The highest BCUT2D eigenvalue weighted by Gasteiger charge is 2.35. The maximum Gasteiger partial charge on any atom is 0.320 e. The number of nitrogens with zero attached hydrogens (tertiary/aromatic N) is 4. The molecule has 1 saturated heterocycles. The number of carbonyl (C=O) groups is 3. The lowest BCUT2D eigenvalue weighted by atomic mass is 10.1. The number of carboxylic acid groups (broad SMARTS) is 1. The van der Waals surface area contributed by atoms with Gasteiger partial charge in [0, 0.05) is 39.3 Å². The summed E-state index contributed by atoms with van der Waals surface area (Å²) in [5, 5.41) is 20.5. The second-order valence-corrected chi connectivity index (χ2v) is 13.5. The molecule has 0 saturated carbocycles. The number of carbonyl (C=O) groups excluding carboxylic acids is 2. The summed E-state index contributed by atoms with van der Waals surface area (Å²) in [5.41, 5.74) is -1.16. The number of esters is 2. The van der Waals surface area contributed by atoms with E-state index in [0.717, 1.165) is 0 Å². The van der Waals surface area contributed by atoms with Crippen LogP contribution in [0.4, 0.5) is 0 Å². The van der Waals surface area contributed by atoms with Crippen molar-refractivity contribution in [3.8, 4) is 0 Å². The maximum atomic E-state index is 12.3. The molecule has 1 unspecified atom stereocenters. The van der Waals surface area contributed by atoms with E-state index in [1.165, 1.54) is 0 Å². The molecule has 1 aliphatic rings. The molecule has 13 nitrogen and oxygen atoms in total. The summed E-state index contributed by atoms with van der Waals surface area (Å²) < 4.78 is 22.5. The molecule has 0 aromatic rings. The van der Waals surface area contributed by atoms with E-state index in [1.54, 1.807) is 30.7 Å². The van der Waals surface area contributed by atoms with Crippen LogP contribution >= 0.6 is 0 Å². The van der Waals surface area contributed by atoms with Crippen LogP contribution in [0.3, 0.4) is 0 Å². The third-order valence-corrected chi connectivity index (χ3v) is 6.38. The first kappa shape index (κ1) is 38.2. The van der Waals surface area contributed by atoms with Gasteiger partial charge in [-0.05, 0) is 69.5 Å². The normalized spacial score (nSPS) is 19.8. The summed E-state index contributed by atoms with van der Waals surface area (Å²) >= 11 is 0. The lowest BCUT2D eigenvalue weighted by molar-refractivity contribution is -0.204. The Morgan fingerprint density at radius 3 is 1.67 bits per heavy atom. The van der Waals surface area contributed by atoms with Crippen LogP contribution in [-0.4, -0.2) is 163 Å². The van der Waals surface area contributed by atoms with Gasteiger partial charge in [-0.2, -0.15) is 0 Å². The number of carboxylic acids is 1. The monoisotopic (exact) mass is 604 g/mol. The van der Waals surface area contributed by atoms with Crippen molar-refractivity contribution in [3.63, 3.8) is 0 Å². The van der Waals surface area contributed by atoms with Crippen molar-refractivity contribution in [1.29, 1.82) is 0 Å². The van der Waals surface area contributed by atoms with E-state index in [2.05, 4.69) is 4.90 Å². The van der Waals surface area contributed by atoms with Crippen LogP contribution in [0.15, 0.2) is 0 Å². The van der Waals surface area contributed by atoms with Crippen LogP contribution in [-0.2, 0) is 33.3 Å². The number of aliphatic hydroxyl groups excluding tert-OH is 1. The Morgan fingerprint density at radius 1 is 0.762 bits per heavy atom. The highest BCUT2D eigenvalue weighted by molar-refractivity contribution is 5.72. The molecule has 0 aromatic carbocycles. The third-order valence-electron chi connectivity index (χ3n) is 6.38. The Bertz CT molecular complexity index is 857. The second kappa shape index (κ2) is 16.8. The first-order chi connectivity index (χ1) is 19.2. The molecule has 0 bridgehead atoms. The standard InChI is InChI=1S/C29H56N4O9/c1-27(2,3)41-25(37)18-30(9)11-13-32(17-24(35)36)14-16-33(22-20-39-29(7,8)40-21-23(22)34)15-12-31(10)19-26(38)42-28(4,5)6/h22-23,34H,11-21H2,1-10H3,(H,35,36)/t22?,23-/m0/s1. The zero-order valence-corrected chi connectivity index (χ0v) is 27.5. The minimum absolute atomic E-state index is 0.0929. The lowest BCUT2D eigenvalue weighted by Gasteiger charge is -2.36. The van der Waals surface area contributed by atoms with Crippen molar-refractivity contribution in [3.05, 3.63) is 0 Å². The zero-order valence-electron chi connectivity index (χ0n) is 27.5. The van der Waals surface area contributed by atoms with E-state index in [1.807, 2.05) is 53.5 Å². The highest BCUT2D eigenvalue weighted by atomic mass is 16.7. The third kappa shape index (κ3) is 17.3. The van der Waals surface area contributed by atoms with Gasteiger partial charge in [-0.3, -0.25) is 34.0 Å². The number of rotatable bonds is 16. The van der Waals surface area contributed by atoms with Crippen LogP contribution in [0, 0.1) is 0 Å². The molecule has 1 aliphatic heterocycles. The number of likely N-dealkylation sites (N-methyl/N-ethyl adjacent to an activating group) is 2. The van der Waals surface area contributed by atoms with Gasteiger partial charge in [-0.15, -0.1) is 0 Å². The van der Waals surface area contributed by atoms with Gasteiger partial charge >= 0.3 is 17.9 Å². The maximum absolute atomic E-state index is 12.3. The fourth-order valence-electron chi connectivity index (χ4n) is 4.32. The molecule has 1 fully saturated rings. The highest BCUT2D eigenvalue weighted by Crippen LogP contribution is 2.20. The largest absolute Gasteiger partial charge is 0.480 e. The van der Waals surface area contributed by atoms with E-state index >= 15 is 0 Å². The summed E-state index contributed by atoms with van der Waals surface area (Å²) in [6.07, 6.45) is -0.823. The van der Waals surface area contributed by atoms with Crippen LogP contribution in [0.1, 0.15) is 55.4 Å². The Kier molecular flexibility index (Phi) is 15.3. The van der Waals surface area contributed by atoms with Crippen LogP contribution < -0.4 is 0 Å². The molecule has 0 amide bonds. The van der Waals surface area contributed by atoms with E-state index in [0.29, 0.717) is 39.3 Å². The van der Waals surface area contributed by atoms with Crippen molar-refractivity contribution >= 4 is 17.9 Å². The minimum atomic E-state index is -0.957. The molecule has 13 heteroatoms. The molecule has 246 valence electrons. The molecule has 1 rings (SSSR count). The second-order valence-electron chi connectivity index (χ2n) is 13.5. The van der Waals surface area contributed by atoms with E-state index in [9.17, 15) is 24.6 Å². The number of aliphatic carboxylic acids is 1. The molecular formula is C29H56N4O9. The van der Waals surface area contributed by atoms with Gasteiger partial charge in [-0.1, -0.05) is 0 Å². The fourth-order valence-corrected chi connectivity index (χ4v) is 4.32. The smallest absolute Gasteiger partial charge is 0.320 e. The van der Waals surface area contributed by atoms with Gasteiger partial charge in [0.2, 0.25) is 0 Å². The zero-order chi connectivity index (χ0) is 32.3. The average Bonchev–Trinajstić information content (AvgIpc) is 2.92. The SMILES string of the molecule is CN(CCN(CCN(CCN(C)CC(=O)OC(C)(C)C)C1COC(C)(C)OC[C@@H]1O)CC(=O)O)CC(=O)OC(C)(C)C. The lowest BCUT2D eigenvalue weighted by Crippen LogP contribution is -2.52. The van der Waals surface area contributed by atoms with E-state index < -0.39 is 35.1 Å². The van der Waals surface area contributed by atoms with E-state index in [4.69, 9.17) is 18.9 Å². The quantitative estimate of drug-likeness (QED) is 0.239. The van der Waals surface area contributed by atoms with Gasteiger partial charge in [0.15, 0.2) is 5.79 Å². The molecule has 42 heavy (non-hydrogen) atoms. The first-order valence-electron chi connectivity index (χ1n) is 14.6. The van der Waals surface area contributed by atoms with Crippen molar-refractivity contribution in [2.75, 3.05) is 86.2 Å². The fraction of sp³-hybridized carbons (Fsp3) is 0.897. The summed E-state index contributed by atoms with van der Waals surface area (Å²) in [5.74, 6) is -2.47. The summed E-state index contributed by atoms with van der Waals surface area (Å²) in [6, 6.07) is -0.400. The first-order valence-corrected chi connectivity index (χ1v) is 14.6. The number of hydrogen-bond acceptors (Lipinski definition) is 12. The molecular weight excluding hydrogens is 548 g/mol. The number of hydrogen-bond donors (Lipinski definition) is 2. The number of aliphatic hydroxyl groups is 1. The molecule has 0 aromatic heterocycles. The van der Waals surface area contributed by atoms with Crippen molar-refractivity contribution < 1.29 is 43.5 Å².